The van der Waals surface area contributed by atoms with E-state index in [0.717, 1.165) is 36.8 Å². The van der Waals surface area contributed by atoms with E-state index < -0.39 is 11.9 Å². The monoisotopic (exact) mass is 276 g/mol. The van der Waals surface area contributed by atoms with Crippen molar-refractivity contribution >= 4 is 5.97 Å². The fraction of sp³-hybridized carbons (Fsp3) is 0.562. The zero-order valence-corrected chi connectivity index (χ0v) is 11.9. The predicted molar refractivity (Wildman–Crippen MR) is 73.1 cm³/mol. The fourth-order valence-electron chi connectivity index (χ4n) is 3.18. The molecule has 2 atom stereocenters. The van der Waals surface area contributed by atoms with Crippen LogP contribution in [-0.2, 0) is 19.0 Å². The first-order valence-electron chi connectivity index (χ1n) is 7.14. The summed E-state index contributed by atoms with van der Waals surface area (Å²) in [5.74, 6) is -0.951. The molecule has 1 aromatic carbocycles. The summed E-state index contributed by atoms with van der Waals surface area (Å²) >= 11 is 0. The fourth-order valence-corrected chi connectivity index (χ4v) is 3.18. The molecule has 1 aliphatic heterocycles. The summed E-state index contributed by atoms with van der Waals surface area (Å²) < 4.78 is 17.1. The number of ether oxygens (including phenoxy) is 3. The minimum atomic E-state index is -0.667. The van der Waals surface area contributed by atoms with Gasteiger partial charge < -0.3 is 14.2 Å². The highest BCUT2D eigenvalue weighted by atomic mass is 16.8. The van der Waals surface area contributed by atoms with Crippen LogP contribution in [0, 0.1) is 6.92 Å². The molecule has 0 bridgehead atoms. The van der Waals surface area contributed by atoms with Gasteiger partial charge in [-0.1, -0.05) is 24.3 Å². The SMILES string of the molecule is COC(=O)[C@H]1OC2(CCCC2)OC1c1ccccc1C. The van der Waals surface area contributed by atoms with Crippen LogP contribution in [0.5, 0.6) is 0 Å². The Hall–Kier alpha value is -1.39. The molecule has 1 aliphatic carbocycles. The predicted octanol–water partition coefficient (Wildman–Crippen LogP) is 2.89. The summed E-state index contributed by atoms with van der Waals surface area (Å²) in [6, 6.07) is 7.95. The van der Waals surface area contributed by atoms with Crippen LogP contribution in [0.2, 0.25) is 0 Å². The summed E-state index contributed by atoms with van der Waals surface area (Å²) in [5.41, 5.74) is 2.11. The first-order valence-corrected chi connectivity index (χ1v) is 7.14. The topological polar surface area (TPSA) is 44.8 Å². The highest BCUT2D eigenvalue weighted by Crippen LogP contribution is 2.47. The standard InChI is InChI=1S/C16H20O4/c1-11-7-3-4-8-12(11)13-14(15(17)18-2)20-16(19-13)9-5-6-10-16/h3-4,7-8,13-14H,5-6,9-10H2,1-2H3/t13?,14-/m0/s1. The van der Waals surface area contributed by atoms with Gasteiger partial charge in [0.1, 0.15) is 6.10 Å². The van der Waals surface area contributed by atoms with Gasteiger partial charge in [-0.2, -0.15) is 0 Å². The third-order valence-electron chi connectivity index (χ3n) is 4.25. The first kappa shape index (κ1) is 13.6. The lowest BCUT2D eigenvalue weighted by Crippen LogP contribution is -2.30. The molecule has 1 spiro atoms. The zero-order valence-electron chi connectivity index (χ0n) is 11.9. The molecule has 3 rings (SSSR count). The van der Waals surface area contributed by atoms with Crippen LogP contribution in [0.25, 0.3) is 0 Å². The second kappa shape index (κ2) is 5.19. The number of methoxy groups -OCH3 is 1. The number of benzene rings is 1. The van der Waals surface area contributed by atoms with Crippen LogP contribution in [-0.4, -0.2) is 25.0 Å². The van der Waals surface area contributed by atoms with Crippen LogP contribution < -0.4 is 0 Å². The van der Waals surface area contributed by atoms with Gasteiger partial charge in [-0.3, -0.25) is 0 Å². The molecule has 20 heavy (non-hydrogen) atoms. The van der Waals surface area contributed by atoms with Gasteiger partial charge >= 0.3 is 5.97 Å². The third-order valence-corrected chi connectivity index (χ3v) is 4.25. The van der Waals surface area contributed by atoms with Crippen molar-refractivity contribution in [2.75, 3.05) is 7.11 Å². The second-order valence-electron chi connectivity index (χ2n) is 5.57. The molecule has 2 fully saturated rings. The minimum absolute atomic E-state index is 0.359. The number of carbonyl (C=O) groups excluding carboxylic acids is 1. The van der Waals surface area contributed by atoms with E-state index in [1.54, 1.807) is 0 Å². The number of aryl methyl sites for hydroxylation is 1. The Morgan fingerprint density at radius 1 is 1.25 bits per heavy atom. The van der Waals surface area contributed by atoms with Crippen molar-refractivity contribution in [2.45, 2.75) is 50.6 Å². The number of hydrogen-bond donors (Lipinski definition) is 0. The number of esters is 1. The number of rotatable bonds is 2. The molecule has 1 heterocycles. The number of hydrogen-bond acceptors (Lipinski definition) is 4. The molecule has 0 aromatic heterocycles. The molecular weight excluding hydrogens is 256 g/mol. The number of carbonyl (C=O) groups is 1. The van der Waals surface area contributed by atoms with Crippen LogP contribution in [0.3, 0.4) is 0 Å². The molecule has 1 aromatic rings. The van der Waals surface area contributed by atoms with Crippen molar-refractivity contribution in [2.24, 2.45) is 0 Å². The lowest BCUT2D eigenvalue weighted by molar-refractivity contribution is -0.180. The van der Waals surface area contributed by atoms with E-state index in [1.165, 1.54) is 7.11 Å². The smallest absolute Gasteiger partial charge is 0.338 e. The van der Waals surface area contributed by atoms with Gasteiger partial charge in [0.2, 0.25) is 0 Å². The molecule has 1 unspecified atom stereocenters. The Bertz CT molecular complexity index is 505. The Balaban J connectivity index is 1.94. The molecule has 1 saturated carbocycles. The van der Waals surface area contributed by atoms with Crippen LogP contribution in [0.4, 0.5) is 0 Å². The molecule has 4 nitrogen and oxygen atoms in total. The van der Waals surface area contributed by atoms with Crippen molar-refractivity contribution in [3.8, 4) is 0 Å². The molecule has 4 heteroatoms. The summed E-state index contributed by atoms with van der Waals surface area (Å²) in [6.07, 6.45) is 2.81. The summed E-state index contributed by atoms with van der Waals surface area (Å²) in [4.78, 5) is 12.0. The maximum Gasteiger partial charge on any atom is 0.338 e. The minimum Gasteiger partial charge on any atom is -0.467 e. The average molecular weight is 276 g/mol. The molecule has 1 saturated heterocycles. The molecule has 0 N–H and O–H groups in total. The molecule has 2 aliphatic rings. The maximum absolute atomic E-state index is 12.0. The lowest BCUT2D eigenvalue weighted by Gasteiger charge is -2.22. The average Bonchev–Trinajstić information content (AvgIpc) is 3.07. The highest BCUT2D eigenvalue weighted by Gasteiger charge is 2.52. The van der Waals surface area contributed by atoms with Crippen molar-refractivity contribution in [3.05, 3.63) is 35.4 Å². The normalized spacial score (nSPS) is 27.9. The van der Waals surface area contributed by atoms with Gasteiger partial charge in [-0.15, -0.1) is 0 Å². The van der Waals surface area contributed by atoms with E-state index in [-0.39, 0.29) is 12.1 Å². The van der Waals surface area contributed by atoms with Crippen molar-refractivity contribution in [1.29, 1.82) is 0 Å². The summed E-state index contributed by atoms with van der Waals surface area (Å²) in [6.45, 7) is 2.02. The van der Waals surface area contributed by atoms with Crippen LogP contribution >= 0.6 is 0 Å². The van der Waals surface area contributed by atoms with E-state index >= 15 is 0 Å². The summed E-state index contributed by atoms with van der Waals surface area (Å²) in [5, 5.41) is 0. The Kier molecular flexibility index (Phi) is 3.52. The lowest BCUT2D eigenvalue weighted by atomic mass is 10.00. The summed E-state index contributed by atoms with van der Waals surface area (Å²) in [7, 11) is 1.39. The highest BCUT2D eigenvalue weighted by molar-refractivity contribution is 5.76. The zero-order chi connectivity index (χ0) is 14.2. The Labute approximate surface area is 119 Å². The van der Waals surface area contributed by atoms with E-state index in [2.05, 4.69) is 0 Å². The van der Waals surface area contributed by atoms with Crippen LogP contribution in [0.1, 0.15) is 42.9 Å². The quantitative estimate of drug-likeness (QED) is 0.779. The van der Waals surface area contributed by atoms with Crippen molar-refractivity contribution in [3.63, 3.8) is 0 Å². The first-order chi connectivity index (χ1) is 9.65. The molecular formula is C16H20O4. The van der Waals surface area contributed by atoms with E-state index in [4.69, 9.17) is 14.2 Å². The van der Waals surface area contributed by atoms with Crippen molar-refractivity contribution in [1.82, 2.24) is 0 Å². The maximum atomic E-state index is 12.0. The van der Waals surface area contributed by atoms with Gasteiger partial charge in [-0.05, 0) is 30.9 Å². The van der Waals surface area contributed by atoms with Gasteiger partial charge in [0.05, 0.1) is 7.11 Å². The van der Waals surface area contributed by atoms with Gasteiger partial charge in [0.25, 0.3) is 0 Å². The van der Waals surface area contributed by atoms with Crippen molar-refractivity contribution < 1.29 is 19.0 Å². The molecule has 0 radical (unpaired) electrons. The van der Waals surface area contributed by atoms with Crippen LogP contribution in [0.15, 0.2) is 24.3 Å². The largest absolute Gasteiger partial charge is 0.467 e. The van der Waals surface area contributed by atoms with E-state index in [1.807, 2.05) is 31.2 Å². The molecule has 108 valence electrons. The Morgan fingerprint density at radius 3 is 2.60 bits per heavy atom. The molecule has 0 amide bonds. The Morgan fingerprint density at radius 2 is 1.95 bits per heavy atom. The van der Waals surface area contributed by atoms with E-state index in [9.17, 15) is 4.79 Å². The van der Waals surface area contributed by atoms with E-state index in [0.29, 0.717) is 0 Å². The second-order valence-corrected chi connectivity index (χ2v) is 5.57. The van der Waals surface area contributed by atoms with Gasteiger partial charge in [0, 0.05) is 12.8 Å². The van der Waals surface area contributed by atoms with Gasteiger partial charge in [0.15, 0.2) is 11.9 Å². The third kappa shape index (κ3) is 2.23. The van der Waals surface area contributed by atoms with Gasteiger partial charge in [-0.25, -0.2) is 4.79 Å².